The molecule has 0 unspecified atom stereocenters. The van der Waals surface area contributed by atoms with Crippen molar-refractivity contribution in [2.75, 3.05) is 46.3 Å². The van der Waals surface area contributed by atoms with Gasteiger partial charge in [0.1, 0.15) is 0 Å². The number of hydrogen-bond acceptors (Lipinski definition) is 5. The molecule has 2 aromatic rings. The maximum atomic E-state index is 12.1. The number of hydrogen-bond donors (Lipinski definition) is 1. The van der Waals surface area contributed by atoms with Crippen LogP contribution in [-0.4, -0.2) is 72.0 Å². The van der Waals surface area contributed by atoms with Crippen LogP contribution in [0.1, 0.15) is 11.3 Å². The third-order valence-corrected chi connectivity index (χ3v) is 5.28. The minimum atomic E-state index is -0.0410. The molecule has 1 saturated heterocycles. The number of nitrogens with zero attached hydrogens (tertiary/aromatic N) is 4. The second kappa shape index (κ2) is 9.66. The molecule has 1 N–H and O–H groups in total. The van der Waals surface area contributed by atoms with E-state index >= 15 is 0 Å². The van der Waals surface area contributed by atoms with E-state index in [1.165, 1.54) is 5.56 Å². The van der Waals surface area contributed by atoms with E-state index in [-0.39, 0.29) is 6.03 Å². The quantitative estimate of drug-likeness (QED) is 0.808. The van der Waals surface area contributed by atoms with Crippen molar-refractivity contribution >= 4 is 17.4 Å². The van der Waals surface area contributed by atoms with Gasteiger partial charge in [0.15, 0.2) is 0 Å². The van der Waals surface area contributed by atoms with Gasteiger partial charge < -0.3 is 10.2 Å². The largest absolute Gasteiger partial charge is 0.337 e. The molecule has 3 rings (SSSR count). The van der Waals surface area contributed by atoms with Crippen LogP contribution in [0.25, 0.3) is 0 Å². The number of benzene rings is 1. The fourth-order valence-corrected chi connectivity index (χ4v) is 3.65. The van der Waals surface area contributed by atoms with Crippen LogP contribution in [0.2, 0.25) is 0 Å². The van der Waals surface area contributed by atoms with Crippen molar-refractivity contribution < 1.29 is 4.79 Å². The molecule has 0 spiro atoms. The van der Waals surface area contributed by atoms with Crippen LogP contribution in [0, 0.1) is 0 Å². The van der Waals surface area contributed by atoms with Crippen molar-refractivity contribution in [3.05, 3.63) is 52.5 Å². The Morgan fingerprint density at radius 2 is 1.92 bits per heavy atom. The van der Waals surface area contributed by atoms with Crippen LogP contribution in [0.3, 0.4) is 0 Å². The van der Waals surface area contributed by atoms with Gasteiger partial charge in [0.05, 0.1) is 17.7 Å². The number of urea groups is 1. The third kappa shape index (κ3) is 5.79. The highest BCUT2D eigenvalue weighted by Crippen LogP contribution is 2.08. The van der Waals surface area contributed by atoms with Gasteiger partial charge in [0, 0.05) is 58.2 Å². The molecular formula is C19H27N5OS. The van der Waals surface area contributed by atoms with Crippen LogP contribution < -0.4 is 5.32 Å². The molecular weight excluding hydrogens is 346 g/mol. The number of nitrogens with one attached hydrogen (secondary N) is 1. The van der Waals surface area contributed by atoms with Crippen molar-refractivity contribution in [1.29, 1.82) is 0 Å². The van der Waals surface area contributed by atoms with E-state index in [2.05, 4.69) is 50.4 Å². The lowest BCUT2D eigenvalue weighted by Gasteiger charge is -2.34. The first kappa shape index (κ1) is 18.8. The molecule has 2 amide bonds. The molecule has 1 aliphatic rings. The maximum Gasteiger partial charge on any atom is 0.317 e. The van der Waals surface area contributed by atoms with Gasteiger partial charge in [0.2, 0.25) is 0 Å². The predicted molar refractivity (Wildman–Crippen MR) is 105 cm³/mol. The average molecular weight is 374 g/mol. The average Bonchev–Trinajstić information content (AvgIpc) is 3.17. The first-order valence-corrected chi connectivity index (χ1v) is 9.99. The number of carbonyl (C=O) groups excluding carboxylic acids is 1. The summed E-state index contributed by atoms with van der Waals surface area (Å²) in [6, 6.07) is 10.6. The molecule has 0 atom stereocenters. The molecule has 140 valence electrons. The molecule has 1 aliphatic heterocycles. The first-order chi connectivity index (χ1) is 12.7. The van der Waals surface area contributed by atoms with Crippen molar-refractivity contribution in [2.24, 2.45) is 0 Å². The molecule has 1 aromatic carbocycles. The Morgan fingerprint density at radius 3 is 2.62 bits per heavy atom. The van der Waals surface area contributed by atoms with Gasteiger partial charge in [-0.15, -0.1) is 11.3 Å². The van der Waals surface area contributed by atoms with Gasteiger partial charge in [-0.3, -0.25) is 9.80 Å². The molecule has 0 bridgehead atoms. The van der Waals surface area contributed by atoms with E-state index in [9.17, 15) is 4.79 Å². The molecule has 2 heterocycles. The Labute approximate surface area is 159 Å². The highest BCUT2D eigenvalue weighted by atomic mass is 32.1. The highest BCUT2D eigenvalue weighted by molar-refractivity contribution is 7.07. The number of carbonyl (C=O) groups is 1. The molecule has 6 nitrogen and oxygen atoms in total. The second-order valence-electron chi connectivity index (χ2n) is 6.67. The lowest BCUT2D eigenvalue weighted by Crippen LogP contribution is -2.48. The molecule has 1 fully saturated rings. The van der Waals surface area contributed by atoms with E-state index in [1.54, 1.807) is 28.8 Å². The summed E-state index contributed by atoms with van der Waals surface area (Å²) in [7, 11) is 1.80. The number of amides is 2. The number of thiazole rings is 1. The maximum absolute atomic E-state index is 12.1. The summed E-state index contributed by atoms with van der Waals surface area (Å²) in [4.78, 5) is 22.9. The van der Waals surface area contributed by atoms with Gasteiger partial charge in [0.25, 0.3) is 0 Å². The molecule has 0 saturated carbocycles. The fraction of sp³-hybridized carbons (Fsp3) is 0.474. The van der Waals surface area contributed by atoms with E-state index in [0.717, 1.165) is 45.0 Å². The summed E-state index contributed by atoms with van der Waals surface area (Å²) in [5.74, 6) is 0. The van der Waals surface area contributed by atoms with Crippen LogP contribution in [-0.2, 0) is 13.1 Å². The minimum absolute atomic E-state index is 0.0410. The van der Waals surface area contributed by atoms with E-state index < -0.39 is 0 Å². The molecule has 26 heavy (non-hydrogen) atoms. The lowest BCUT2D eigenvalue weighted by atomic mass is 10.2. The second-order valence-corrected chi connectivity index (χ2v) is 7.39. The summed E-state index contributed by atoms with van der Waals surface area (Å²) in [6.45, 7) is 7.41. The number of rotatable bonds is 7. The van der Waals surface area contributed by atoms with Crippen molar-refractivity contribution in [2.45, 2.75) is 13.1 Å². The lowest BCUT2D eigenvalue weighted by molar-refractivity contribution is 0.127. The van der Waals surface area contributed by atoms with Crippen LogP contribution >= 0.6 is 11.3 Å². The molecule has 0 radical (unpaired) electrons. The SMILES string of the molecule is CN(Cc1cscn1)C(=O)NCCN1CCN(Cc2ccccc2)CC1. The fourth-order valence-electron chi connectivity index (χ4n) is 3.10. The third-order valence-electron chi connectivity index (χ3n) is 4.65. The van der Waals surface area contributed by atoms with Gasteiger partial charge in [-0.25, -0.2) is 9.78 Å². The zero-order valence-electron chi connectivity index (χ0n) is 15.3. The topological polar surface area (TPSA) is 51.7 Å². The number of aromatic nitrogens is 1. The number of piperazine rings is 1. The van der Waals surface area contributed by atoms with Gasteiger partial charge in [-0.1, -0.05) is 30.3 Å². The van der Waals surface area contributed by atoms with Gasteiger partial charge >= 0.3 is 6.03 Å². The van der Waals surface area contributed by atoms with Gasteiger partial charge in [-0.05, 0) is 5.56 Å². The summed E-state index contributed by atoms with van der Waals surface area (Å²) < 4.78 is 0. The molecule has 1 aromatic heterocycles. The van der Waals surface area contributed by atoms with Crippen molar-refractivity contribution in [3.63, 3.8) is 0 Å². The Balaban J connectivity index is 1.30. The monoisotopic (exact) mass is 373 g/mol. The van der Waals surface area contributed by atoms with Crippen molar-refractivity contribution in [3.8, 4) is 0 Å². The molecule has 0 aliphatic carbocycles. The Kier molecular flexibility index (Phi) is 6.99. The highest BCUT2D eigenvalue weighted by Gasteiger charge is 2.17. The zero-order valence-corrected chi connectivity index (χ0v) is 16.1. The summed E-state index contributed by atoms with van der Waals surface area (Å²) in [5.41, 5.74) is 4.09. The summed E-state index contributed by atoms with van der Waals surface area (Å²) >= 11 is 1.55. The Bertz CT molecular complexity index is 656. The molecule has 7 heteroatoms. The van der Waals surface area contributed by atoms with Crippen LogP contribution in [0.5, 0.6) is 0 Å². The van der Waals surface area contributed by atoms with Crippen molar-refractivity contribution in [1.82, 2.24) is 25.0 Å². The summed E-state index contributed by atoms with van der Waals surface area (Å²) in [6.07, 6.45) is 0. The van der Waals surface area contributed by atoms with Crippen LogP contribution in [0.15, 0.2) is 41.2 Å². The zero-order chi connectivity index (χ0) is 18.2. The van der Waals surface area contributed by atoms with Crippen LogP contribution in [0.4, 0.5) is 4.79 Å². The Morgan fingerprint density at radius 1 is 1.19 bits per heavy atom. The smallest absolute Gasteiger partial charge is 0.317 e. The van der Waals surface area contributed by atoms with Gasteiger partial charge in [-0.2, -0.15) is 0 Å². The van der Waals surface area contributed by atoms with E-state index in [4.69, 9.17) is 0 Å². The Hall–Kier alpha value is -1.96. The first-order valence-electron chi connectivity index (χ1n) is 9.05. The van der Waals surface area contributed by atoms with E-state index in [0.29, 0.717) is 13.1 Å². The predicted octanol–water partition coefficient (Wildman–Crippen LogP) is 2.10. The minimum Gasteiger partial charge on any atom is -0.337 e. The van der Waals surface area contributed by atoms with E-state index in [1.807, 2.05) is 5.38 Å². The normalized spacial score (nSPS) is 15.7. The standard InChI is InChI=1S/C19H27N5OS/c1-22(14-18-15-26-16-21-18)19(25)20-7-8-23-9-11-24(12-10-23)13-17-5-3-2-4-6-17/h2-6,15-16H,7-14H2,1H3,(H,20,25). The summed E-state index contributed by atoms with van der Waals surface area (Å²) in [5, 5.41) is 4.97.